The quantitative estimate of drug-likeness (QED) is 0.589. The second-order valence-corrected chi connectivity index (χ2v) is 2.45. The van der Waals surface area contributed by atoms with E-state index >= 15 is 0 Å². The predicted molar refractivity (Wildman–Crippen MR) is 43.8 cm³/mol. The van der Waals surface area contributed by atoms with Crippen molar-refractivity contribution < 1.29 is 4.74 Å². The second kappa shape index (κ2) is 2.84. The standard InChI is InChI=1S/C9H9NO/c1-2-4-8(5-3-1)9-6-11-7-10-9/h1-5H,6-7H2. The Kier molecular flexibility index (Phi) is 1.69. The van der Waals surface area contributed by atoms with E-state index in [0.717, 1.165) is 5.71 Å². The Labute approximate surface area is 65.5 Å². The summed E-state index contributed by atoms with van der Waals surface area (Å²) in [4.78, 5) is 4.20. The molecule has 0 unspecified atom stereocenters. The molecule has 0 aliphatic carbocycles. The van der Waals surface area contributed by atoms with Crippen LogP contribution in [0.15, 0.2) is 35.3 Å². The van der Waals surface area contributed by atoms with Gasteiger partial charge in [-0.05, 0) is 5.56 Å². The number of hydrogen-bond acceptors (Lipinski definition) is 2. The van der Waals surface area contributed by atoms with E-state index in [9.17, 15) is 0 Å². The van der Waals surface area contributed by atoms with Crippen molar-refractivity contribution in [3.63, 3.8) is 0 Å². The van der Waals surface area contributed by atoms with Crippen LogP contribution >= 0.6 is 0 Å². The van der Waals surface area contributed by atoms with Crippen LogP contribution in [-0.4, -0.2) is 19.0 Å². The molecule has 11 heavy (non-hydrogen) atoms. The fourth-order valence-corrected chi connectivity index (χ4v) is 1.12. The van der Waals surface area contributed by atoms with Crippen LogP contribution in [0.2, 0.25) is 0 Å². The zero-order chi connectivity index (χ0) is 7.52. The van der Waals surface area contributed by atoms with Gasteiger partial charge in [0.1, 0.15) is 6.73 Å². The molecule has 0 saturated carbocycles. The van der Waals surface area contributed by atoms with Gasteiger partial charge in [0.25, 0.3) is 0 Å². The van der Waals surface area contributed by atoms with Crippen molar-refractivity contribution in [3.8, 4) is 0 Å². The van der Waals surface area contributed by atoms with Crippen LogP contribution in [0, 0.1) is 0 Å². The van der Waals surface area contributed by atoms with Crippen LogP contribution in [0.3, 0.4) is 0 Å². The summed E-state index contributed by atoms with van der Waals surface area (Å²) in [6.45, 7) is 1.17. The largest absolute Gasteiger partial charge is 0.353 e. The van der Waals surface area contributed by atoms with E-state index in [1.165, 1.54) is 5.56 Å². The lowest BCUT2D eigenvalue weighted by molar-refractivity contribution is 0.202. The normalized spacial score (nSPS) is 16.5. The first-order valence-electron chi connectivity index (χ1n) is 3.63. The summed E-state index contributed by atoms with van der Waals surface area (Å²) in [7, 11) is 0. The molecule has 0 fully saturated rings. The summed E-state index contributed by atoms with van der Waals surface area (Å²) in [6, 6.07) is 10.1. The molecule has 0 N–H and O–H groups in total. The number of nitrogens with zero attached hydrogens (tertiary/aromatic N) is 1. The van der Waals surface area contributed by atoms with Gasteiger partial charge < -0.3 is 4.74 Å². The first-order valence-corrected chi connectivity index (χ1v) is 3.63. The van der Waals surface area contributed by atoms with Gasteiger partial charge in [-0.1, -0.05) is 30.3 Å². The van der Waals surface area contributed by atoms with Crippen LogP contribution in [0.5, 0.6) is 0 Å². The van der Waals surface area contributed by atoms with Crippen molar-refractivity contribution in [1.82, 2.24) is 0 Å². The summed E-state index contributed by atoms with van der Waals surface area (Å²) in [5.41, 5.74) is 2.23. The molecule has 56 valence electrons. The van der Waals surface area contributed by atoms with Crippen molar-refractivity contribution in [2.75, 3.05) is 13.3 Å². The van der Waals surface area contributed by atoms with Gasteiger partial charge in [-0.3, -0.25) is 4.99 Å². The highest BCUT2D eigenvalue weighted by Crippen LogP contribution is 2.05. The zero-order valence-electron chi connectivity index (χ0n) is 6.16. The fraction of sp³-hybridized carbons (Fsp3) is 0.222. The highest BCUT2D eigenvalue weighted by molar-refractivity contribution is 6.02. The summed E-state index contributed by atoms with van der Waals surface area (Å²) in [6.07, 6.45) is 0. The lowest BCUT2D eigenvalue weighted by atomic mass is 10.1. The molecule has 0 atom stereocenters. The minimum absolute atomic E-state index is 0.518. The third-order valence-corrected chi connectivity index (χ3v) is 1.69. The number of benzene rings is 1. The number of hydrogen-bond donors (Lipinski definition) is 0. The Morgan fingerprint density at radius 3 is 2.64 bits per heavy atom. The third-order valence-electron chi connectivity index (χ3n) is 1.69. The average Bonchev–Trinajstić information content (AvgIpc) is 2.58. The van der Waals surface area contributed by atoms with E-state index in [0.29, 0.717) is 13.3 Å². The topological polar surface area (TPSA) is 21.6 Å². The molecule has 2 heteroatoms. The maximum atomic E-state index is 5.11. The maximum absolute atomic E-state index is 5.11. The molecule has 2 nitrogen and oxygen atoms in total. The van der Waals surface area contributed by atoms with Crippen LogP contribution in [0.1, 0.15) is 5.56 Å². The third kappa shape index (κ3) is 1.30. The summed E-state index contributed by atoms with van der Waals surface area (Å²) in [5.74, 6) is 0. The molecule has 0 aromatic heterocycles. The van der Waals surface area contributed by atoms with Gasteiger partial charge in [0.2, 0.25) is 0 Å². The molecule has 0 spiro atoms. The van der Waals surface area contributed by atoms with Gasteiger partial charge in [-0.15, -0.1) is 0 Å². The molecule has 0 saturated heterocycles. The second-order valence-electron chi connectivity index (χ2n) is 2.45. The molecule has 1 aromatic rings. The van der Waals surface area contributed by atoms with Crippen molar-refractivity contribution in [2.45, 2.75) is 0 Å². The highest BCUT2D eigenvalue weighted by Gasteiger charge is 2.07. The minimum Gasteiger partial charge on any atom is -0.353 e. The molecule has 1 aliphatic rings. The van der Waals surface area contributed by atoms with Gasteiger partial charge in [0.15, 0.2) is 0 Å². The molecular weight excluding hydrogens is 138 g/mol. The van der Waals surface area contributed by atoms with Gasteiger partial charge in [0.05, 0.1) is 12.3 Å². The molecule has 1 aromatic carbocycles. The van der Waals surface area contributed by atoms with E-state index < -0.39 is 0 Å². The number of aliphatic imine (C=N–C) groups is 1. The van der Waals surface area contributed by atoms with E-state index in [2.05, 4.69) is 4.99 Å². The van der Waals surface area contributed by atoms with Gasteiger partial charge >= 0.3 is 0 Å². The smallest absolute Gasteiger partial charge is 0.138 e. The predicted octanol–water partition coefficient (Wildman–Crippen LogP) is 1.46. The Bertz CT molecular complexity index is 266. The van der Waals surface area contributed by atoms with Crippen LogP contribution in [0.25, 0.3) is 0 Å². The summed E-state index contributed by atoms with van der Waals surface area (Å²) in [5, 5.41) is 0. The molecule has 1 heterocycles. The molecule has 0 amide bonds. The molecule has 2 rings (SSSR count). The molecule has 1 aliphatic heterocycles. The highest BCUT2D eigenvalue weighted by atomic mass is 16.5. The Morgan fingerprint density at radius 1 is 1.18 bits per heavy atom. The van der Waals surface area contributed by atoms with Crippen LogP contribution in [0.4, 0.5) is 0 Å². The van der Waals surface area contributed by atoms with E-state index in [-0.39, 0.29) is 0 Å². The first-order chi connectivity index (χ1) is 5.47. The summed E-state index contributed by atoms with van der Waals surface area (Å²) < 4.78 is 5.11. The maximum Gasteiger partial charge on any atom is 0.138 e. The lowest BCUT2D eigenvalue weighted by Crippen LogP contribution is -2.01. The number of ether oxygens (including phenoxy) is 1. The average molecular weight is 147 g/mol. The Morgan fingerprint density at radius 2 is 2.00 bits per heavy atom. The van der Waals surface area contributed by atoms with E-state index in [4.69, 9.17) is 4.74 Å². The van der Waals surface area contributed by atoms with Crippen molar-refractivity contribution in [2.24, 2.45) is 4.99 Å². The SMILES string of the molecule is c1ccc(C2=NCOC2)cc1. The first kappa shape index (κ1) is 6.55. The minimum atomic E-state index is 0.518. The van der Waals surface area contributed by atoms with E-state index in [1.54, 1.807) is 0 Å². The summed E-state index contributed by atoms with van der Waals surface area (Å²) >= 11 is 0. The fourth-order valence-electron chi connectivity index (χ4n) is 1.12. The van der Waals surface area contributed by atoms with Crippen molar-refractivity contribution >= 4 is 5.71 Å². The van der Waals surface area contributed by atoms with Gasteiger partial charge in [0, 0.05) is 0 Å². The lowest BCUT2D eigenvalue weighted by Gasteiger charge is -1.96. The molecule has 0 radical (unpaired) electrons. The van der Waals surface area contributed by atoms with Crippen molar-refractivity contribution in [1.29, 1.82) is 0 Å². The van der Waals surface area contributed by atoms with Gasteiger partial charge in [-0.2, -0.15) is 0 Å². The van der Waals surface area contributed by atoms with Crippen LogP contribution < -0.4 is 0 Å². The Balaban J connectivity index is 2.29. The molecule has 0 bridgehead atoms. The zero-order valence-corrected chi connectivity index (χ0v) is 6.16. The van der Waals surface area contributed by atoms with E-state index in [1.807, 2.05) is 30.3 Å². The molecular formula is C9H9NO. The van der Waals surface area contributed by atoms with Crippen molar-refractivity contribution in [3.05, 3.63) is 35.9 Å². The number of rotatable bonds is 1. The Hall–Kier alpha value is -1.15. The monoisotopic (exact) mass is 147 g/mol. The van der Waals surface area contributed by atoms with Gasteiger partial charge in [-0.25, -0.2) is 0 Å². The van der Waals surface area contributed by atoms with Crippen LogP contribution in [-0.2, 0) is 4.74 Å².